The fourth-order valence-corrected chi connectivity index (χ4v) is 2.22. The van der Waals surface area contributed by atoms with Crippen LogP contribution in [-0.4, -0.2) is 19.0 Å². The summed E-state index contributed by atoms with van der Waals surface area (Å²) in [5, 5.41) is 0. The van der Waals surface area contributed by atoms with E-state index in [0.29, 0.717) is 25.2 Å². The molecule has 1 aromatic rings. The van der Waals surface area contributed by atoms with Gasteiger partial charge in [0, 0.05) is 13.0 Å². The van der Waals surface area contributed by atoms with Crippen molar-refractivity contribution in [1.29, 1.82) is 0 Å². The van der Waals surface area contributed by atoms with E-state index in [-0.39, 0.29) is 17.6 Å². The lowest BCUT2D eigenvalue weighted by molar-refractivity contribution is -0.118. The number of benzene rings is 1. The molecular formula is C13H17FN2O. The summed E-state index contributed by atoms with van der Waals surface area (Å²) in [5.41, 5.74) is 6.04. The lowest BCUT2D eigenvalue weighted by atomic mass is 10.0. The Morgan fingerprint density at radius 3 is 2.88 bits per heavy atom. The van der Waals surface area contributed by atoms with Gasteiger partial charge in [-0.05, 0) is 37.4 Å². The van der Waals surface area contributed by atoms with Crippen LogP contribution in [0.25, 0.3) is 0 Å². The fourth-order valence-electron chi connectivity index (χ4n) is 2.22. The number of hydrogen-bond donors (Lipinski definition) is 1. The van der Waals surface area contributed by atoms with Gasteiger partial charge in [-0.15, -0.1) is 0 Å². The molecule has 0 aliphatic carbocycles. The Morgan fingerprint density at radius 1 is 1.41 bits per heavy atom. The number of carbonyl (C=O) groups excluding carboxylic acids is 1. The molecule has 1 fully saturated rings. The van der Waals surface area contributed by atoms with Crippen LogP contribution in [0.5, 0.6) is 0 Å². The van der Waals surface area contributed by atoms with Crippen LogP contribution in [0.15, 0.2) is 24.3 Å². The highest BCUT2D eigenvalue weighted by Crippen LogP contribution is 2.25. The molecule has 1 saturated heterocycles. The molecular weight excluding hydrogens is 219 g/mol. The minimum Gasteiger partial charge on any atom is -0.330 e. The molecule has 0 bridgehead atoms. The molecule has 1 aliphatic rings. The normalized spacial score (nSPS) is 21.4. The third-order valence-corrected chi connectivity index (χ3v) is 3.22. The molecule has 1 heterocycles. The number of para-hydroxylation sites is 1. The molecule has 92 valence electrons. The zero-order chi connectivity index (χ0) is 12.3. The quantitative estimate of drug-likeness (QED) is 0.852. The summed E-state index contributed by atoms with van der Waals surface area (Å²) in [6.07, 6.45) is 2.25. The summed E-state index contributed by atoms with van der Waals surface area (Å²) in [7, 11) is 0. The summed E-state index contributed by atoms with van der Waals surface area (Å²) >= 11 is 0. The van der Waals surface area contributed by atoms with E-state index in [1.807, 2.05) is 0 Å². The number of hydrogen-bond acceptors (Lipinski definition) is 2. The second kappa shape index (κ2) is 5.27. The van der Waals surface area contributed by atoms with Crippen molar-refractivity contribution in [3.63, 3.8) is 0 Å². The van der Waals surface area contributed by atoms with E-state index in [9.17, 15) is 9.18 Å². The lowest BCUT2D eigenvalue weighted by Gasteiger charge is -2.24. The average Bonchev–Trinajstić information content (AvgIpc) is 2.52. The molecule has 3 nitrogen and oxygen atoms in total. The highest BCUT2D eigenvalue weighted by Gasteiger charge is 2.25. The maximum atomic E-state index is 13.7. The van der Waals surface area contributed by atoms with Gasteiger partial charge < -0.3 is 10.6 Å². The van der Waals surface area contributed by atoms with E-state index in [4.69, 9.17) is 5.73 Å². The zero-order valence-corrected chi connectivity index (χ0v) is 9.73. The first-order valence-corrected chi connectivity index (χ1v) is 5.97. The molecule has 1 unspecified atom stereocenters. The topological polar surface area (TPSA) is 46.3 Å². The highest BCUT2D eigenvalue weighted by molar-refractivity contribution is 5.93. The Balaban J connectivity index is 2.28. The van der Waals surface area contributed by atoms with E-state index in [1.54, 1.807) is 23.1 Å². The summed E-state index contributed by atoms with van der Waals surface area (Å²) in [6.45, 7) is 1.06. The molecule has 4 heteroatoms. The standard InChI is InChI=1S/C13H17FN2O/c14-11-5-1-2-6-12(11)16-9-10(8-15)4-3-7-13(16)17/h1-2,5-6,10H,3-4,7-9,15H2. The van der Waals surface area contributed by atoms with E-state index < -0.39 is 0 Å². The number of nitrogens with two attached hydrogens (primary N) is 1. The molecule has 1 aliphatic heterocycles. The van der Waals surface area contributed by atoms with Crippen LogP contribution in [0.3, 0.4) is 0 Å². The number of amides is 1. The molecule has 1 atom stereocenters. The molecule has 0 saturated carbocycles. The van der Waals surface area contributed by atoms with Gasteiger partial charge in [-0.3, -0.25) is 4.79 Å². The van der Waals surface area contributed by atoms with Gasteiger partial charge in [0.2, 0.25) is 5.91 Å². The third kappa shape index (κ3) is 2.64. The lowest BCUT2D eigenvalue weighted by Crippen LogP contribution is -2.35. The van der Waals surface area contributed by atoms with Gasteiger partial charge in [0.1, 0.15) is 5.82 Å². The SMILES string of the molecule is NCC1CCCC(=O)N(c2ccccc2F)C1. The van der Waals surface area contributed by atoms with Crippen LogP contribution in [0, 0.1) is 11.7 Å². The molecule has 0 radical (unpaired) electrons. The molecule has 2 N–H and O–H groups in total. The number of carbonyl (C=O) groups is 1. The third-order valence-electron chi connectivity index (χ3n) is 3.22. The molecule has 2 rings (SSSR count). The average molecular weight is 236 g/mol. The second-order valence-corrected chi connectivity index (χ2v) is 4.45. The van der Waals surface area contributed by atoms with E-state index in [2.05, 4.69) is 0 Å². The van der Waals surface area contributed by atoms with Crippen molar-refractivity contribution in [2.24, 2.45) is 11.7 Å². The minimum atomic E-state index is -0.349. The van der Waals surface area contributed by atoms with Crippen LogP contribution < -0.4 is 10.6 Å². The number of nitrogens with zero attached hydrogens (tertiary/aromatic N) is 1. The van der Waals surface area contributed by atoms with Gasteiger partial charge in [0.05, 0.1) is 5.69 Å². The van der Waals surface area contributed by atoms with Gasteiger partial charge in [-0.25, -0.2) is 4.39 Å². The highest BCUT2D eigenvalue weighted by atomic mass is 19.1. The predicted molar refractivity (Wildman–Crippen MR) is 65.1 cm³/mol. The Kier molecular flexibility index (Phi) is 3.74. The molecule has 0 aromatic heterocycles. The van der Waals surface area contributed by atoms with Crippen molar-refractivity contribution in [3.8, 4) is 0 Å². The summed E-state index contributed by atoms with van der Waals surface area (Å²) < 4.78 is 13.7. The van der Waals surface area contributed by atoms with Gasteiger partial charge in [0.15, 0.2) is 0 Å². The molecule has 0 spiro atoms. The van der Waals surface area contributed by atoms with E-state index in [1.165, 1.54) is 6.07 Å². The summed E-state index contributed by atoms with van der Waals surface area (Å²) in [5.74, 6) is -0.0920. The number of halogens is 1. The van der Waals surface area contributed by atoms with Gasteiger partial charge in [0.25, 0.3) is 0 Å². The summed E-state index contributed by atoms with van der Waals surface area (Å²) in [6, 6.07) is 6.40. The van der Waals surface area contributed by atoms with Crippen LogP contribution in [-0.2, 0) is 4.79 Å². The Hall–Kier alpha value is -1.42. The Morgan fingerprint density at radius 2 is 2.18 bits per heavy atom. The van der Waals surface area contributed by atoms with Crippen LogP contribution in [0.2, 0.25) is 0 Å². The smallest absolute Gasteiger partial charge is 0.227 e. The van der Waals surface area contributed by atoms with Crippen molar-refractivity contribution < 1.29 is 9.18 Å². The van der Waals surface area contributed by atoms with Crippen molar-refractivity contribution in [2.75, 3.05) is 18.0 Å². The molecule has 1 amide bonds. The van der Waals surface area contributed by atoms with Crippen molar-refractivity contribution in [3.05, 3.63) is 30.1 Å². The first kappa shape index (κ1) is 12.0. The predicted octanol–water partition coefficient (Wildman–Crippen LogP) is 1.92. The molecule has 17 heavy (non-hydrogen) atoms. The number of anilines is 1. The van der Waals surface area contributed by atoms with E-state index >= 15 is 0 Å². The van der Waals surface area contributed by atoms with E-state index in [0.717, 1.165) is 12.8 Å². The maximum absolute atomic E-state index is 13.7. The first-order valence-electron chi connectivity index (χ1n) is 5.97. The monoisotopic (exact) mass is 236 g/mol. The van der Waals surface area contributed by atoms with Crippen LogP contribution in [0.1, 0.15) is 19.3 Å². The van der Waals surface area contributed by atoms with Crippen molar-refractivity contribution in [1.82, 2.24) is 0 Å². The van der Waals surface area contributed by atoms with Gasteiger partial charge in [-0.1, -0.05) is 12.1 Å². The largest absolute Gasteiger partial charge is 0.330 e. The maximum Gasteiger partial charge on any atom is 0.227 e. The van der Waals surface area contributed by atoms with Crippen molar-refractivity contribution >= 4 is 11.6 Å². The van der Waals surface area contributed by atoms with Crippen LogP contribution in [0.4, 0.5) is 10.1 Å². The fraction of sp³-hybridized carbons (Fsp3) is 0.462. The Labute approximate surface area is 100 Å². The van der Waals surface area contributed by atoms with Crippen molar-refractivity contribution in [2.45, 2.75) is 19.3 Å². The minimum absolute atomic E-state index is 0.00829. The first-order chi connectivity index (χ1) is 8.22. The van der Waals surface area contributed by atoms with Gasteiger partial charge in [-0.2, -0.15) is 0 Å². The Bertz CT molecular complexity index is 408. The van der Waals surface area contributed by atoms with Crippen LogP contribution >= 0.6 is 0 Å². The van der Waals surface area contributed by atoms with Gasteiger partial charge >= 0.3 is 0 Å². The zero-order valence-electron chi connectivity index (χ0n) is 9.73. The summed E-state index contributed by atoms with van der Waals surface area (Å²) in [4.78, 5) is 13.5. The second-order valence-electron chi connectivity index (χ2n) is 4.45. The molecule has 1 aromatic carbocycles. The number of rotatable bonds is 2.